The van der Waals surface area contributed by atoms with Crippen molar-refractivity contribution in [3.8, 4) is 16.9 Å². The molecule has 0 saturated heterocycles. The number of rotatable bonds is 5. The Bertz CT molecular complexity index is 1630. The van der Waals surface area contributed by atoms with E-state index in [9.17, 15) is 14.4 Å². The molecule has 0 fully saturated rings. The van der Waals surface area contributed by atoms with Crippen LogP contribution in [-0.2, 0) is 11.2 Å². The van der Waals surface area contributed by atoms with Gasteiger partial charge in [-0.15, -0.1) is 0 Å². The van der Waals surface area contributed by atoms with Crippen LogP contribution in [0.4, 0.5) is 0 Å². The number of esters is 1. The number of para-hydroxylation sites is 1. The molecule has 164 valence electrons. The minimum atomic E-state index is -0.657. The van der Waals surface area contributed by atoms with Crippen LogP contribution in [0.3, 0.4) is 0 Å². The monoisotopic (exact) mass is 463 g/mol. The number of hydrogen-bond acceptors (Lipinski definition) is 8. The molecule has 0 atom stereocenters. The van der Waals surface area contributed by atoms with E-state index >= 15 is 0 Å². The fourth-order valence-corrected chi connectivity index (χ4v) is 3.65. The van der Waals surface area contributed by atoms with E-state index in [-0.39, 0.29) is 34.9 Å². The van der Waals surface area contributed by atoms with Crippen molar-refractivity contribution >= 4 is 39.5 Å². The van der Waals surface area contributed by atoms with Gasteiger partial charge < -0.3 is 18.1 Å². The van der Waals surface area contributed by atoms with E-state index < -0.39 is 17.2 Å². The average molecular weight is 464 g/mol. The smallest absolute Gasteiger partial charge is 0.344 e. The third kappa shape index (κ3) is 4.28. The fraction of sp³-hybridized carbons (Fsp3) is 0.0833. The summed E-state index contributed by atoms with van der Waals surface area (Å²) in [6, 6.07) is 16.1. The molecule has 0 spiro atoms. The molecule has 0 aliphatic carbocycles. The first-order valence-corrected chi connectivity index (χ1v) is 10.3. The molecule has 0 N–H and O–H groups in total. The standard InChI is InChI=1S/C24H14ClNO7/c25-21-11-15(33-26-21)6-8-22(27)30-14-5-7-16-17(12-23(28)31-20(16)10-14)18-9-13-3-1-2-4-19(13)32-24(18)29/h1-5,7,9-12H,6,8H2. The summed E-state index contributed by atoms with van der Waals surface area (Å²) in [5, 5.41) is 4.96. The molecule has 0 aliphatic heterocycles. The van der Waals surface area contributed by atoms with Gasteiger partial charge in [0, 0.05) is 41.0 Å². The molecule has 0 saturated carbocycles. The molecule has 0 bridgehead atoms. The molecule has 5 rings (SSSR count). The van der Waals surface area contributed by atoms with Crippen LogP contribution in [0.5, 0.6) is 5.75 Å². The highest BCUT2D eigenvalue weighted by atomic mass is 35.5. The van der Waals surface area contributed by atoms with Crippen LogP contribution in [0.15, 0.2) is 83.6 Å². The number of hydrogen-bond donors (Lipinski definition) is 0. The SMILES string of the molecule is O=C(CCc1cc(Cl)no1)Oc1ccc2c(-c3cc4ccccc4oc3=O)cc(=O)oc2c1. The van der Waals surface area contributed by atoms with Gasteiger partial charge in [0.15, 0.2) is 5.15 Å². The summed E-state index contributed by atoms with van der Waals surface area (Å²) in [7, 11) is 0. The zero-order chi connectivity index (χ0) is 22.9. The average Bonchev–Trinajstić information content (AvgIpc) is 3.21. The highest BCUT2D eigenvalue weighted by Gasteiger charge is 2.15. The molecular formula is C24H14ClNO7. The van der Waals surface area contributed by atoms with Gasteiger partial charge in [-0.3, -0.25) is 4.79 Å². The molecule has 3 heterocycles. The molecule has 0 aliphatic rings. The molecular weight excluding hydrogens is 450 g/mol. The lowest BCUT2D eigenvalue weighted by atomic mass is 10.0. The van der Waals surface area contributed by atoms with Crippen molar-refractivity contribution in [3.63, 3.8) is 0 Å². The van der Waals surface area contributed by atoms with E-state index in [1.54, 1.807) is 36.4 Å². The van der Waals surface area contributed by atoms with Crippen LogP contribution in [0.1, 0.15) is 12.2 Å². The fourth-order valence-electron chi connectivity index (χ4n) is 3.49. The maximum Gasteiger partial charge on any atom is 0.344 e. The van der Waals surface area contributed by atoms with Crippen molar-refractivity contribution in [2.24, 2.45) is 0 Å². The van der Waals surface area contributed by atoms with Crippen molar-refractivity contribution in [1.82, 2.24) is 5.16 Å². The molecule has 33 heavy (non-hydrogen) atoms. The Morgan fingerprint density at radius 1 is 0.939 bits per heavy atom. The number of aromatic nitrogens is 1. The summed E-state index contributed by atoms with van der Waals surface area (Å²) in [5.41, 5.74) is -0.0417. The highest BCUT2D eigenvalue weighted by Crippen LogP contribution is 2.30. The largest absolute Gasteiger partial charge is 0.426 e. The number of aryl methyl sites for hydroxylation is 1. The van der Waals surface area contributed by atoms with Gasteiger partial charge in [0.25, 0.3) is 0 Å². The van der Waals surface area contributed by atoms with Gasteiger partial charge in [0.1, 0.15) is 22.7 Å². The summed E-state index contributed by atoms with van der Waals surface area (Å²) in [4.78, 5) is 37.0. The van der Waals surface area contributed by atoms with E-state index in [1.807, 2.05) is 6.07 Å². The van der Waals surface area contributed by atoms with Crippen molar-refractivity contribution in [2.75, 3.05) is 0 Å². The summed E-state index contributed by atoms with van der Waals surface area (Å²) < 4.78 is 21.0. The predicted molar refractivity (Wildman–Crippen MR) is 119 cm³/mol. The predicted octanol–water partition coefficient (Wildman–Crippen LogP) is 4.75. The lowest BCUT2D eigenvalue weighted by Crippen LogP contribution is -2.09. The quantitative estimate of drug-likeness (QED) is 0.208. The van der Waals surface area contributed by atoms with E-state index in [4.69, 9.17) is 29.7 Å². The van der Waals surface area contributed by atoms with E-state index in [0.717, 1.165) is 0 Å². The summed E-state index contributed by atoms with van der Waals surface area (Å²) in [5.74, 6) is 0.129. The molecule has 8 nitrogen and oxygen atoms in total. The number of nitrogens with zero attached hydrogens (tertiary/aromatic N) is 1. The van der Waals surface area contributed by atoms with Crippen LogP contribution < -0.4 is 16.0 Å². The van der Waals surface area contributed by atoms with Crippen molar-refractivity contribution < 1.29 is 22.9 Å². The molecule has 0 amide bonds. The molecule has 0 radical (unpaired) electrons. The Morgan fingerprint density at radius 3 is 2.61 bits per heavy atom. The third-order valence-electron chi connectivity index (χ3n) is 4.98. The number of benzene rings is 2. The van der Waals surface area contributed by atoms with Gasteiger partial charge in [0.05, 0.1) is 12.0 Å². The number of carbonyl (C=O) groups is 1. The minimum absolute atomic E-state index is 0.0334. The maximum atomic E-state index is 12.6. The molecule has 0 unspecified atom stereocenters. The Morgan fingerprint density at radius 2 is 1.79 bits per heavy atom. The Hall–Kier alpha value is -4.17. The first kappa shape index (κ1) is 20.7. The second-order valence-electron chi connectivity index (χ2n) is 7.21. The number of ether oxygens (including phenoxy) is 1. The number of fused-ring (bicyclic) bond motifs is 2. The lowest BCUT2D eigenvalue weighted by molar-refractivity contribution is -0.134. The maximum absolute atomic E-state index is 12.6. The lowest BCUT2D eigenvalue weighted by Gasteiger charge is -2.08. The number of carbonyl (C=O) groups excluding carboxylic acids is 1. The van der Waals surface area contributed by atoms with Crippen molar-refractivity contribution in [3.05, 3.63) is 92.4 Å². The van der Waals surface area contributed by atoms with Crippen LogP contribution >= 0.6 is 11.6 Å². The summed E-state index contributed by atoms with van der Waals surface area (Å²) >= 11 is 5.69. The van der Waals surface area contributed by atoms with E-state index in [2.05, 4.69) is 5.16 Å². The zero-order valence-corrected chi connectivity index (χ0v) is 17.6. The Kier molecular flexibility index (Phi) is 5.27. The number of halogens is 1. The Labute approximate surface area is 189 Å². The second kappa shape index (κ2) is 8.40. The highest BCUT2D eigenvalue weighted by molar-refractivity contribution is 6.29. The van der Waals surface area contributed by atoms with E-state index in [1.165, 1.54) is 18.2 Å². The normalized spacial score (nSPS) is 11.2. The summed E-state index contributed by atoms with van der Waals surface area (Å²) in [6.45, 7) is 0. The van der Waals surface area contributed by atoms with Crippen molar-refractivity contribution in [1.29, 1.82) is 0 Å². The van der Waals surface area contributed by atoms with Gasteiger partial charge in [-0.1, -0.05) is 35.0 Å². The Balaban J connectivity index is 1.46. The van der Waals surface area contributed by atoms with Gasteiger partial charge in [-0.2, -0.15) is 0 Å². The first-order chi connectivity index (χ1) is 16.0. The van der Waals surface area contributed by atoms with Gasteiger partial charge in [-0.05, 0) is 24.3 Å². The topological polar surface area (TPSA) is 113 Å². The first-order valence-electron chi connectivity index (χ1n) is 9.89. The van der Waals surface area contributed by atoms with Crippen molar-refractivity contribution in [2.45, 2.75) is 12.8 Å². The summed E-state index contributed by atoms with van der Waals surface area (Å²) in [6.07, 6.45) is 0.300. The molecule has 3 aromatic heterocycles. The van der Waals surface area contributed by atoms with Gasteiger partial charge in [-0.25, -0.2) is 9.59 Å². The van der Waals surface area contributed by atoms with Crippen LogP contribution in [0.25, 0.3) is 33.1 Å². The van der Waals surface area contributed by atoms with Gasteiger partial charge in [0.2, 0.25) is 0 Å². The second-order valence-corrected chi connectivity index (χ2v) is 7.60. The molecule has 5 aromatic rings. The van der Waals surface area contributed by atoms with Crippen LogP contribution in [0.2, 0.25) is 5.15 Å². The van der Waals surface area contributed by atoms with E-state index in [0.29, 0.717) is 27.7 Å². The molecule has 2 aromatic carbocycles. The third-order valence-corrected chi connectivity index (χ3v) is 5.16. The minimum Gasteiger partial charge on any atom is -0.426 e. The molecule has 9 heteroatoms. The van der Waals surface area contributed by atoms with Gasteiger partial charge >= 0.3 is 17.2 Å². The zero-order valence-electron chi connectivity index (χ0n) is 16.9. The van der Waals surface area contributed by atoms with Crippen LogP contribution in [-0.4, -0.2) is 11.1 Å². The van der Waals surface area contributed by atoms with Crippen LogP contribution in [0, 0.1) is 0 Å².